The molecule has 1 aromatic carbocycles. The molecule has 3 N–H and O–H groups in total. The first-order valence-electron chi connectivity index (χ1n) is 4.74. The molecule has 1 heterocycles. The van der Waals surface area contributed by atoms with E-state index in [0.29, 0.717) is 12.6 Å². The van der Waals surface area contributed by atoms with Gasteiger partial charge in [-0.3, -0.25) is 0 Å². The topological polar surface area (TPSA) is 86.2 Å². The smallest absolute Gasteiger partial charge is 0.317 e. The van der Waals surface area contributed by atoms with Gasteiger partial charge < -0.3 is 20.2 Å². The van der Waals surface area contributed by atoms with Crippen molar-refractivity contribution in [2.75, 3.05) is 18.2 Å². The molecule has 0 fully saturated rings. The molecule has 0 aliphatic rings. The van der Waals surface area contributed by atoms with Crippen molar-refractivity contribution < 1.29 is 9.15 Å². The van der Waals surface area contributed by atoms with E-state index in [9.17, 15) is 0 Å². The van der Waals surface area contributed by atoms with Gasteiger partial charge in [0, 0.05) is 12.1 Å². The Bertz CT molecular complexity index is 469. The lowest BCUT2D eigenvalue weighted by Crippen LogP contribution is -2.01. The number of rotatable bonds is 4. The fraction of sp³-hybridized carbons (Fsp3) is 0.200. The fourth-order valence-corrected chi connectivity index (χ4v) is 1.33. The Kier molecular flexibility index (Phi) is 2.90. The normalized spacial score (nSPS) is 10.1. The highest BCUT2D eigenvalue weighted by Crippen LogP contribution is 2.18. The number of hydrogen-bond acceptors (Lipinski definition) is 6. The quantitative estimate of drug-likeness (QED) is 0.807. The maximum absolute atomic E-state index is 5.30. The molecule has 2 rings (SSSR count). The summed E-state index contributed by atoms with van der Waals surface area (Å²) in [5.74, 6) is 0.808. The molecule has 6 heteroatoms. The highest BCUT2D eigenvalue weighted by Gasteiger charge is 2.04. The van der Waals surface area contributed by atoms with Crippen molar-refractivity contribution in [2.45, 2.75) is 6.54 Å². The molecule has 0 radical (unpaired) electrons. The lowest BCUT2D eigenvalue weighted by atomic mass is 10.2. The van der Waals surface area contributed by atoms with Crippen LogP contribution in [0.3, 0.4) is 0 Å². The molecule has 2 aromatic rings. The molecule has 6 nitrogen and oxygen atoms in total. The Morgan fingerprint density at radius 1 is 1.38 bits per heavy atom. The van der Waals surface area contributed by atoms with Crippen LogP contribution in [0.1, 0.15) is 5.56 Å². The average Bonchev–Trinajstić information content (AvgIpc) is 2.73. The number of benzene rings is 1. The van der Waals surface area contributed by atoms with Gasteiger partial charge in [-0.05, 0) is 6.07 Å². The number of para-hydroxylation sites is 1. The van der Waals surface area contributed by atoms with E-state index >= 15 is 0 Å². The lowest BCUT2D eigenvalue weighted by molar-refractivity contribution is 0.410. The Morgan fingerprint density at radius 3 is 2.88 bits per heavy atom. The van der Waals surface area contributed by atoms with Gasteiger partial charge in [0.25, 0.3) is 0 Å². The van der Waals surface area contributed by atoms with E-state index in [4.69, 9.17) is 14.9 Å². The first kappa shape index (κ1) is 10.3. The van der Waals surface area contributed by atoms with Gasteiger partial charge in [-0.2, -0.15) is 0 Å². The van der Waals surface area contributed by atoms with E-state index < -0.39 is 0 Å². The average molecular weight is 220 g/mol. The van der Waals surface area contributed by atoms with Crippen LogP contribution in [0.4, 0.5) is 12.0 Å². The first-order valence-corrected chi connectivity index (χ1v) is 4.74. The van der Waals surface area contributed by atoms with Crippen molar-refractivity contribution in [2.24, 2.45) is 0 Å². The summed E-state index contributed by atoms with van der Waals surface area (Å²) >= 11 is 0. The molecule has 16 heavy (non-hydrogen) atoms. The Labute approximate surface area is 92.4 Å². The first-order chi connectivity index (χ1) is 7.79. The molecule has 0 aliphatic heterocycles. The zero-order valence-electron chi connectivity index (χ0n) is 8.80. The summed E-state index contributed by atoms with van der Waals surface area (Å²) in [7, 11) is 1.63. The number of nitrogens with zero attached hydrogens (tertiary/aromatic N) is 2. The number of methoxy groups -OCH3 is 1. The fourth-order valence-electron chi connectivity index (χ4n) is 1.33. The summed E-state index contributed by atoms with van der Waals surface area (Å²) < 4.78 is 10.2. The third-order valence-corrected chi connectivity index (χ3v) is 2.06. The molecule has 84 valence electrons. The number of anilines is 2. The van der Waals surface area contributed by atoms with Gasteiger partial charge in [0.05, 0.1) is 7.11 Å². The molecule has 0 atom stereocenters. The Balaban J connectivity index is 2.04. The number of nitrogen functional groups attached to an aromatic ring is 1. The highest BCUT2D eigenvalue weighted by molar-refractivity contribution is 5.36. The maximum atomic E-state index is 5.30. The second-order valence-electron chi connectivity index (χ2n) is 3.11. The van der Waals surface area contributed by atoms with Crippen molar-refractivity contribution in [1.82, 2.24) is 10.2 Å². The summed E-state index contributed by atoms with van der Waals surface area (Å²) in [5, 5.41) is 10.2. The largest absolute Gasteiger partial charge is 0.496 e. The molecule has 0 saturated heterocycles. The number of nitrogens with two attached hydrogens (primary N) is 1. The van der Waals surface area contributed by atoms with E-state index in [1.54, 1.807) is 7.11 Å². The molecular formula is C10H12N4O2. The summed E-state index contributed by atoms with van der Waals surface area (Å²) in [6, 6.07) is 8.02. The SMILES string of the molecule is COc1ccccc1CNc1nnc(N)o1. The van der Waals surface area contributed by atoms with Crippen LogP contribution in [0.25, 0.3) is 0 Å². The van der Waals surface area contributed by atoms with Crippen LogP contribution >= 0.6 is 0 Å². The van der Waals surface area contributed by atoms with Gasteiger partial charge in [0.2, 0.25) is 0 Å². The minimum atomic E-state index is 0.0440. The van der Waals surface area contributed by atoms with Crippen molar-refractivity contribution in [3.63, 3.8) is 0 Å². The van der Waals surface area contributed by atoms with Crippen LogP contribution < -0.4 is 15.8 Å². The third-order valence-electron chi connectivity index (χ3n) is 2.06. The standard InChI is InChI=1S/C10H12N4O2/c1-15-8-5-3-2-4-7(8)6-12-10-14-13-9(11)16-10/h2-5H,6H2,1H3,(H2,11,13)(H,12,14). The molecular weight excluding hydrogens is 208 g/mol. The summed E-state index contributed by atoms with van der Waals surface area (Å²) in [5.41, 5.74) is 6.30. The second-order valence-corrected chi connectivity index (χ2v) is 3.11. The van der Waals surface area contributed by atoms with Crippen molar-refractivity contribution in [3.8, 4) is 5.75 Å². The van der Waals surface area contributed by atoms with E-state index in [1.807, 2.05) is 24.3 Å². The zero-order chi connectivity index (χ0) is 11.4. The zero-order valence-corrected chi connectivity index (χ0v) is 8.80. The van der Waals surface area contributed by atoms with Gasteiger partial charge in [-0.1, -0.05) is 28.4 Å². The summed E-state index contributed by atoms with van der Waals surface area (Å²) in [6.45, 7) is 0.533. The van der Waals surface area contributed by atoms with E-state index in [0.717, 1.165) is 11.3 Å². The maximum Gasteiger partial charge on any atom is 0.317 e. The van der Waals surface area contributed by atoms with Crippen molar-refractivity contribution in [1.29, 1.82) is 0 Å². The molecule has 1 aromatic heterocycles. The molecule has 0 bridgehead atoms. The number of aromatic nitrogens is 2. The monoisotopic (exact) mass is 220 g/mol. The van der Waals surface area contributed by atoms with Crippen molar-refractivity contribution in [3.05, 3.63) is 29.8 Å². The highest BCUT2D eigenvalue weighted by atomic mass is 16.5. The molecule has 0 spiro atoms. The van der Waals surface area contributed by atoms with Crippen LogP contribution in [-0.2, 0) is 6.54 Å². The molecule has 0 saturated carbocycles. The molecule has 0 aliphatic carbocycles. The van der Waals surface area contributed by atoms with Crippen LogP contribution in [0.5, 0.6) is 5.75 Å². The minimum absolute atomic E-state index is 0.0440. The van der Waals surface area contributed by atoms with Gasteiger partial charge in [-0.15, -0.1) is 0 Å². The van der Waals surface area contributed by atoms with Gasteiger partial charge in [0.1, 0.15) is 5.75 Å². The molecule has 0 amide bonds. The van der Waals surface area contributed by atoms with Gasteiger partial charge >= 0.3 is 12.0 Å². The predicted octanol–water partition coefficient (Wildman–Crippen LogP) is 1.27. The van der Waals surface area contributed by atoms with Crippen molar-refractivity contribution >= 4 is 12.0 Å². The Hall–Kier alpha value is -2.24. The lowest BCUT2D eigenvalue weighted by Gasteiger charge is -2.07. The summed E-state index contributed by atoms with van der Waals surface area (Å²) in [4.78, 5) is 0. The third kappa shape index (κ3) is 2.22. The van der Waals surface area contributed by atoms with Gasteiger partial charge in [0.15, 0.2) is 0 Å². The predicted molar refractivity (Wildman–Crippen MR) is 59.0 cm³/mol. The van der Waals surface area contributed by atoms with Crippen LogP contribution in [0, 0.1) is 0 Å². The van der Waals surface area contributed by atoms with Crippen LogP contribution in [0.2, 0.25) is 0 Å². The van der Waals surface area contributed by atoms with E-state index in [-0.39, 0.29) is 6.01 Å². The number of hydrogen-bond donors (Lipinski definition) is 2. The van der Waals surface area contributed by atoms with E-state index in [1.165, 1.54) is 0 Å². The molecule has 0 unspecified atom stereocenters. The van der Waals surface area contributed by atoms with E-state index in [2.05, 4.69) is 15.5 Å². The number of ether oxygens (including phenoxy) is 1. The van der Waals surface area contributed by atoms with Crippen LogP contribution in [0.15, 0.2) is 28.7 Å². The Morgan fingerprint density at radius 2 is 2.19 bits per heavy atom. The van der Waals surface area contributed by atoms with Crippen LogP contribution in [-0.4, -0.2) is 17.3 Å². The minimum Gasteiger partial charge on any atom is -0.496 e. The number of nitrogens with one attached hydrogen (secondary N) is 1. The summed E-state index contributed by atoms with van der Waals surface area (Å²) in [6.07, 6.45) is 0. The second kappa shape index (κ2) is 4.52. The van der Waals surface area contributed by atoms with Gasteiger partial charge in [-0.25, -0.2) is 0 Å².